The average Bonchev–Trinajstić information content (AvgIpc) is 2.80. The van der Waals surface area contributed by atoms with E-state index in [2.05, 4.69) is 10.1 Å². The number of phenols is 2. The average molecular weight is 249 g/mol. The van der Waals surface area contributed by atoms with Gasteiger partial charge in [-0.15, -0.1) is 0 Å². The molecule has 96 valence electrons. The number of phenolic OH excluding ortho intramolecular Hbond substituents is 2. The minimum Gasteiger partial charge on any atom is -0.507 e. The van der Waals surface area contributed by atoms with Crippen LogP contribution in [0.1, 0.15) is 13.8 Å². The summed E-state index contributed by atoms with van der Waals surface area (Å²) in [5.74, 6) is 0.361. The largest absolute Gasteiger partial charge is 0.507 e. The highest BCUT2D eigenvalue weighted by Crippen LogP contribution is 2.36. The van der Waals surface area contributed by atoms with E-state index in [0.29, 0.717) is 5.95 Å². The van der Waals surface area contributed by atoms with Crippen molar-refractivity contribution < 1.29 is 14.7 Å². The van der Waals surface area contributed by atoms with Gasteiger partial charge in [-0.25, -0.2) is 0 Å². The molecule has 1 heterocycles. The summed E-state index contributed by atoms with van der Waals surface area (Å²) in [5, 5.41) is 23.2. The molecule has 0 aliphatic heterocycles. The fourth-order valence-electron chi connectivity index (χ4n) is 1.70. The molecule has 18 heavy (non-hydrogen) atoms. The zero-order valence-corrected chi connectivity index (χ0v) is 10.3. The Morgan fingerprint density at radius 2 is 1.78 bits per heavy atom. The Morgan fingerprint density at radius 1 is 1.17 bits per heavy atom. The maximum Gasteiger partial charge on any atom is 0.267 e. The Kier molecular flexibility index (Phi) is 3.36. The van der Waals surface area contributed by atoms with Crippen LogP contribution in [0.2, 0.25) is 0 Å². The van der Waals surface area contributed by atoms with Gasteiger partial charge in [0.25, 0.3) is 11.8 Å². The van der Waals surface area contributed by atoms with Crippen molar-refractivity contribution >= 4 is 5.95 Å². The zero-order valence-electron chi connectivity index (χ0n) is 10.3. The van der Waals surface area contributed by atoms with Crippen LogP contribution in [0.5, 0.6) is 11.5 Å². The molecule has 0 unspecified atom stereocenters. The summed E-state index contributed by atoms with van der Waals surface area (Å²) in [6.07, 6.45) is 0. The predicted molar refractivity (Wildman–Crippen MR) is 66.6 cm³/mol. The third-order valence-electron chi connectivity index (χ3n) is 2.70. The highest BCUT2D eigenvalue weighted by Gasteiger charge is 2.18. The second-order valence-electron chi connectivity index (χ2n) is 3.74. The normalized spacial score (nSPS) is 10.6. The Morgan fingerprint density at radius 3 is 2.33 bits per heavy atom. The van der Waals surface area contributed by atoms with Crippen LogP contribution in [-0.2, 0) is 0 Å². The molecular formula is C12H15N3O3. The smallest absolute Gasteiger partial charge is 0.267 e. The lowest BCUT2D eigenvalue weighted by Crippen LogP contribution is -2.22. The van der Waals surface area contributed by atoms with Gasteiger partial charge in [-0.05, 0) is 31.1 Å². The summed E-state index contributed by atoms with van der Waals surface area (Å²) in [4.78, 5) is 6.08. The number of anilines is 1. The quantitative estimate of drug-likeness (QED) is 0.862. The lowest BCUT2D eigenvalue weighted by atomic mass is 10.2. The molecule has 1 aromatic carbocycles. The van der Waals surface area contributed by atoms with Crippen LogP contribution in [0.25, 0.3) is 11.5 Å². The maximum atomic E-state index is 9.71. The van der Waals surface area contributed by atoms with Gasteiger partial charge in [0, 0.05) is 13.1 Å². The molecular weight excluding hydrogens is 234 g/mol. The number of hydrogen-bond donors (Lipinski definition) is 2. The number of aromatic nitrogens is 2. The number of aromatic hydroxyl groups is 2. The Labute approximate surface area is 104 Å². The summed E-state index contributed by atoms with van der Waals surface area (Å²) in [6, 6.07) is 4.45. The van der Waals surface area contributed by atoms with Crippen molar-refractivity contribution in [1.29, 1.82) is 0 Å². The van der Waals surface area contributed by atoms with Crippen molar-refractivity contribution in [3.8, 4) is 23.0 Å². The van der Waals surface area contributed by atoms with Gasteiger partial charge in [-0.3, -0.25) is 0 Å². The molecule has 0 amide bonds. The highest BCUT2D eigenvalue weighted by atomic mass is 16.5. The lowest BCUT2D eigenvalue weighted by molar-refractivity contribution is 0.414. The number of hydrogen-bond acceptors (Lipinski definition) is 6. The first kappa shape index (κ1) is 12.2. The second-order valence-corrected chi connectivity index (χ2v) is 3.74. The first-order valence-electron chi connectivity index (χ1n) is 5.77. The van der Waals surface area contributed by atoms with Gasteiger partial charge in [0.2, 0.25) is 0 Å². The number of rotatable bonds is 4. The summed E-state index contributed by atoms with van der Waals surface area (Å²) < 4.78 is 5.07. The first-order valence-corrected chi connectivity index (χ1v) is 5.77. The van der Waals surface area contributed by atoms with Crippen LogP contribution < -0.4 is 4.90 Å². The van der Waals surface area contributed by atoms with E-state index in [4.69, 9.17) is 4.52 Å². The van der Waals surface area contributed by atoms with Crippen molar-refractivity contribution in [3.05, 3.63) is 18.2 Å². The molecule has 0 saturated carbocycles. The van der Waals surface area contributed by atoms with E-state index in [1.54, 1.807) is 0 Å². The number of benzene rings is 1. The topological polar surface area (TPSA) is 82.6 Å². The molecule has 0 aliphatic carbocycles. The van der Waals surface area contributed by atoms with Gasteiger partial charge in [-0.2, -0.15) is 4.98 Å². The molecule has 6 heteroatoms. The predicted octanol–water partition coefficient (Wildman–Crippen LogP) is 1.99. The molecule has 0 aliphatic rings. The van der Waals surface area contributed by atoms with Crippen LogP contribution in [0.3, 0.4) is 0 Å². The van der Waals surface area contributed by atoms with Crippen molar-refractivity contribution in [1.82, 2.24) is 10.1 Å². The third kappa shape index (κ3) is 2.09. The van der Waals surface area contributed by atoms with Crippen LogP contribution in [0.4, 0.5) is 5.95 Å². The van der Waals surface area contributed by atoms with E-state index in [1.165, 1.54) is 18.2 Å². The van der Waals surface area contributed by atoms with Gasteiger partial charge in [0.05, 0.1) is 0 Å². The van der Waals surface area contributed by atoms with E-state index in [9.17, 15) is 10.2 Å². The summed E-state index contributed by atoms with van der Waals surface area (Å²) >= 11 is 0. The molecule has 1 aromatic heterocycles. The van der Waals surface area contributed by atoms with Crippen molar-refractivity contribution in [3.63, 3.8) is 0 Å². The fourth-order valence-corrected chi connectivity index (χ4v) is 1.70. The summed E-state index contributed by atoms with van der Waals surface area (Å²) in [7, 11) is 0. The standard InChI is InChI=1S/C12H15N3O3/c1-3-15(4-2)12-13-11(18-14-12)10-8(16)6-5-7-9(10)17/h5-7,16-17H,3-4H2,1-2H3. The maximum absolute atomic E-state index is 9.71. The molecule has 0 atom stereocenters. The van der Waals surface area contributed by atoms with E-state index < -0.39 is 0 Å². The summed E-state index contributed by atoms with van der Waals surface area (Å²) in [5.41, 5.74) is 0.156. The molecule has 0 bridgehead atoms. The number of nitrogens with zero attached hydrogens (tertiary/aromatic N) is 3. The molecule has 0 fully saturated rings. The third-order valence-corrected chi connectivity index (χ3v) is 2.70. The molecule has 0 spiro atoms. The molecule has 6 nitrogen and oxygen atoms in total. The SMILES string of the molecule is CCN(CC)c1noc(-c2c(O)cccc2O)n1. The van der Waals surface area contributed by atoms with Crippen LogP contribution >= 0.6 is 0 Å². The first-order chi connectivity index (χ1) is 8.67. The van der Waals surface area contributed by atoms with Crippen molar-refractivity contribution in [2.45, 2.75) is 13.8 Å². The van der Waals surface area contributed by atoms with E-state index in [0.717, 1.165) is 13.1 Å². The Balaban J connectivity index is 2.41. The minimum atomic E-state index is -0.0928. The van der Waals surface area contributed by atoms with E-state index in [-0.39, 0.29) is 23.0 Å². The Hall–Kier alpha value is -2.24. The van der Waals surface area contributed by atoms with Gasteiger partial charge in [-0.1, -0.05) is 6.07 Å². The zero-order chi connectivity index (χ0) is 13.1. The molecule has 0 saturated heterocycles. The Bertz CT molecular complexity index is 515. The van der Waals surface area contributed by atoms with Gasteiger partial charge >= 0.3 is 0 Å². The summed E-state index contributed by atoms with van der Waals surface area (Å²) in [6.45, 7) is 5.47. The van der Waals surface area contributed by atoms with Crippen LogP contribution in [0, 0.1) is 0 Å². The van der Waals surface area contributed by atoms with Crippen LogP contribution in [0.15, 0.2) is 22.7 Å². The lowest BCUT2D eigenvalue weighted by Gasteiger charge is -2.14. The molecule has 2 aromatic rings. The molecule has 0 radical (unpaired) electrons. The van der Waals surface area contributed by atoms with Gasteiger partial charge in [0.15, 0.2) is 0 Å². The monoisotopic (exact) mass is 249 g/mol. The van der Waals surface area contributed by atoms with E-state index in [1.807, 2.05) is 18.7 Å². The molecule has 2 rings (SSSR count). The highest BCUT2D eigenvalue weighted by molar-refractivity contribution is 5.70. The minimum absolute atomic E-state index is 0.0928. The van der Waals surface area contributed by atoms with Crippen molar-refractivity contribution in [2.75, 3.05) is 18.0 Å². The van der Waals surface area contributed by atoms with Crippen LogP contribution in [-0.4, -0.2) is 33.4 Å². The van der Waals surface area contributed by atoms with Gasteiger partial charge in [0.1, 0.15) is 17.1 Å². The molecule has 2 N–H and O–H groups in total. The van der Waals surface area contributed by atoms with Crippen molar-refractivity contribution in [2.24, 2.45) is 0 Å². The van der Waals surface area contributed by atoms with Gasteiger partial charge < -0.3 is 19.6 Å². The van der Waals surface area contributed by atoms with E-state index >= 15 is 0 Å². The fraction of sp³-hybridized carbons (Fsp3) is 0.333. The second kappa shape index (κ2) is 4.95.